The lowest BCUT2D eigenvalue weighted by Crippen LogP contribution is -2.27. The molecule has 0 spiro atoms. The Bertz CT molecular complexity index is 2600. The second kappa shape index (κ2) is 18.4. The molecule has 9 rings (SSSR count). The highest BCUT2D eigenvalue weighted by molar-refractivity contribution is 5.90. The highest BCUT2D eigenvalue weighted by Gasteiger charge is 2.37. The maximum absolute atomic E-state index is 11.1. The number of aliphatic imine (C=N–C) groups is 4. The monoisotopic (exact) mass is 850 g/mol. The van der Waals surface area contributed by atoms with Crippen LogP contribution in [0.5, 0.6) is 34.5 Å². The van der Waals surface area contributed by atoms with E-state index < -0.39 is 5.41 Å². The molecule has 6 aromatic carbocycles. The normalized spacial score (nSPS) is 20.7. The number of fused-ring (bicyclic) bond motifs is 2. The standard InChI is InChI=1S/C55H54N4O5/c1-55(2)43-17-11-15-41(35-25-27-51(62)39(29-35)33-58-47-21-7-5-19-45(47)56-31-37-13-3-9-23-49(37)60)53(43)64-54-42(16-12-18-44(54)55)36-26-28-52(63)40(30-36)34-59-48-22-8-6-20-46(48)57-32-38-14-4-10-24-50(38)61/h3-4,9-18,23-34,45-48,60-63H,5-8,19-22H2,1-2H3/t45-,46-,47-,48-/m1/s1. The molecule has 2 fully saturated rings. The van der Waals surface area contributed by atoms with Gasteiger partial charge in [0.1, 0.15) is 34.5 Å². The van der Waals surface area contributed by atoms with Crippen molar-refractivity contribution in [1.82, 2.24) is 0 Å². The first-order valence-corrected chi connectivity index (χ1v) is 22.4. The molecule has 1 aliphatic heterocycles. The van der Waals surface area contributed by atoms with Gasteiger partial charge in [-0.1, -0.05) is 112 Å². The van der Waals surface area contributed by atoms with Gasteiger partial charge >= 0.3 is 0 Å². The highest BCUT2D eigenvalue weighted by atomic mass is 16.5. The maximum atomic E-state index is 11.1. The molecule has 9 heteroatoms. The van der Waals surface area contributed by atoms with Crippen LogP contribution in [0.1, 0.15) is 98.6 Å². The van der Waals surface area contributed by atoms with Gasteiger partial charge in [0.15, 0.2) is 0 Å². The van der Waals surface area contributed by atoms with E-state index in [1.165, 1.54) is 0 Å². The van der Waals surface area contributed by atoms with Crippen LogP contribution < -0.4 is 4.74 Å². The number of nitrogens with zero attached hydrogens (tertiary/aromatic N) is 4. The molecule has 9 nitrogen and oxygen atoms in total. The second-order valence-electron chi connectivity index (χ2n) is 17.7. The molecule has 0 aromatic heterocycles. The number of ether oxygens (including phenoxy) is 1. The number of aromatic hydroxyl groups is 4. The first-order chi connectivity index (χ1) is 31.1. The molecular weight excluding hydrogens is 797 g/mol. The average molecular weight is 851 g/mol. The molecule has 6 aromatic rings. The largest absolute Gasteiger partial charge is 0.507 e. The summed E-state index contributed by atoms with van der Waals surface area (Å²) >= 11 is 0. The van der Waals surface area contributed by atoms with E-state index in [0.29, 0.717) is 22.3 Å². The van der Waals surface area contributed by atoms with E-state index >= 15 is 0 Å². The summed E-state index contributed by atoms with van der Waals surface area (Å²) in [5, 5.41) is 42.7. The molecule has 0 bridgehead atoms. The summed E-state index contributed by atoms with van der Waals surface area (Å²) in [6.07, 6.45) is 14.9. The fourth-order valence-electron chi connectivity index (χ4n) is 9.41. The Kier molecular flexibility index (Phi) is 12.2. The van der Waals surface area contributed by atoms with Gasteiger partial charge in [0.05, 0.1) is 24.2 Å². The number of hydrogen-bond acceptors (Lipinski definition) is 9. The van der Waals surface area contributed by atoms with Crippen LogP contribution in [-0.4, -0.2) is 69.5 Å². The highest BCUT2D eigenvalue weighted by Crippen LogP contribution is 2.54. The third-order valence-electron chi connectivity index (χ3n) is 13.1. The summed E-state index contributed by atoms with van der Waals surface area (Å²) in [4.78, 5) is 19.7. The predicted octanol–water partition coefficient (Wildman–Crippen LogP) is 12.0. The van der Waals surface area contributed by atoms with Crippen LogP contribution in [0.25, 0.3) is 22.3 Å². The van der Waals surface area contributed by atoms with E-state index in [1.54, 1.807) is 61.3 Å². The Morgan fingerprint density at radius 1 is 0.438 bits per heavy atom. The number of para-hydroxylation sites is 4. The van der Waals surface area contributed by atoms with E-state index in [4.69, 9.17) is 24.7 Å². The van der Waals surface area contributed by atoms with Crippen molar-refractivity contribution in [2.24, 2.45) is 20.0 Å². The third kappa shape index (κ3) is 8.80. The van der Waals surface area contributed by atoms with Crippen LogP contribution in [0.15, 0.2) is 141 Å². The Labute approximate surface area is 375 Å². The van der Waals surface area contributed by atoms with E-state index in [0.717, 1.165) is 96.2 Å². The lowest BCUT2D eigenvalue weighted by atomic mass is 9.74. The molecule has 2 aliphatic carbocycles. The van der Waals surface area contributed by atoms with Crippen molar-refractivity contribution in [1.29, 1.82) is 0 Å². The molecule has 64 heavy (non-hydrogen) atoms. The number of rotatable bonds is 10. The van der Waals surface area contributed by atoms with Crippen molar-refractivity contribution in [2.75, 3.05) is 0 Å². The minimum absolute atomic E-state index is 0.0241. The fraction of sp³-hybridized carbons (Fsp3) is 0.273. The number of benzene rings is 6. The van der Waals surface area contributed by atoms with E-state index in [1.807, 2.05) is 48.5 Å². The van der Waals surface area contributed by atoms with Gasteiger partial charge in [0, 0.05) is 74.8 Å². The van der Waals surface area contributed by atoms with Crippen LogP contribution >= 0.6 is 0 Å². The fourth-order valence-corrected chi connectivity index (χ4v) is 9.41. The lowest BCUT2D eigenvalue weighted by molar-refractivity contribution is 0.390. The molecule has 4 atom stereocenters. The first kappa shape index (κ1) is 42.3. The number of phenolic OH excluding ortho intramolecular Hbond substituents is 4. The van der Waals surface area contributed by atoms with Crippen LogP contribution in [0, 0.1) is 0 Å². The summed E-state index contributed by atoms with van der Waals surface area (Å²) in [6.45, 7) is 4.43. The van der Waals surface area contributed by atoms with Gasteiger partial charge in [-0.05, 0) is 85.3 Å². The van der Waals surface area contributed by atoms with Gasteiger partial charge in [-0.15, -0.1) is 0 Å². The van der Waals surface area contributed by atoms with Gasteiger partial charge in [0.25, 0.3) is 0 Å². The summed E-state index contributed by atoms with van der Waals surface area (Å²) < 4.78 is 7.05. The summed E-state index contributed by atoms with van der Waals surface area (Å²) in [6, 6.07) is 37.9. The smallest absolute Gasteiger partial charge is 0.139 e. The van der Waals surface area contributed by atoms with Crippen molar-refractivity contribution < 1.29 is 25.2 Å². The molecule has 324 valence electrons. The van der Waals surface area contributed by atoms with Gasteiger partial charge in [-0.2, -0.15) is 0 Å². The van der Waals surface area contributed by atoms with Gasteiger partial charge < -0.3 is 25.2 Å². The molecule has 2 saturated carbocycles. The lowest BCUT2D eigenvalue weighted by Gasteiger charge is -2.36. The zero-order valence-corrected chi connectivity index (χ0v) is 36.3. The van der Waals surface area contributed by atoms with Crippen LogP contribution in [0.4, 0.5) is 0 Å². The summed E-state index contributed by atoms with van der Waals surface area (Å²) in [7, 11) is 0. The van der Waals surface area contributed by atoms with Crippen LogP contribution in [0.3, 0.4) is 0 Å². The second-order valence-corrected chi connectivity index (χ2v) is 17.7. The Balaban J connectivity index is 0.996. The van der Waals surface area contributed by atoms with Gasteiger partial charge in [-0.25, -0.2) is 0 Å². The topological polar surface area (TPSA) is 140 Å². The first-order valence-electron chi connectivity index (χ1n) is 22.4. The Hall–Kier alpha value is -7.00. The third-order valence-corrected chi connectivity index (χ3v) is 13.1. The zero-order chi connectivity index (χ0) is 44.2. The van der Waals surface area contributed by atoms with Crippen LogP contribution in [0.2, 0.25) is 0 Å². The molecule has 0 saturated heterocycles. The zero-order valence-electron chi connectivity index (χ0n) is 36.3. The summed E-state index contributed by atoms with van der Waals surface area (Å²) in [5.74, 6) is 2.19. The average Bonchev–Trinajstić information content (AvgIpc) is 3.31. The van der Waals surface area contributed by atoms with Crippen molar-refractivity contribution >= 4 is 24.9 Å². The minimum atomic E-state index is -0.419. The van der Waals surface area contributed by atoms with Crippen molar-refractivity contribution in [3.63, 3.8) is 0 Å². The maximum Gasteiger partial charge on any atom is 0.139 e. The molecule has 0 amide bonds. The molecule has 0 unspecified atom stereocenters. The van der Waals surface area contributed by atoms with Gasteiger partial charge in [0.2, 0.25) is 0 Å². The van der Waals surface area contributed by atoms with E-state index in [-0.39, 0.29) is 47.2 Å². The van der Waals surface area contributed by atoms with E-state index in [2.05, 4.69) is 50.2 Å². The molecule has 0 radical (unpaired) electrons. The predicted molar refractivity (Wildman–Crippen MR) is 258 cm³/mol. The Morgan fingerprint density at radius 2 is 0.797 bits per heavy atom. The molecular formula is C55H54N4O5. The van der Waals surface area contributed by atoms with Crippen molar-refractivity contribution in [3.8, 4) is 56.8 Å². The minimum Gasteiger partial charge on any atom is -0.507 e. The Morgan fingerprint density at radius 3 is 1.19 bits per heavy atom. The number of hydrogen-bond donors (Lipinski definition) is 4. The summed E-state index contributed by atoms with van der Waals surface area (Å²) in [5.41, 5.74) is 7.85. The molecule has 4 N–H and O–H groups in total. The quantitative estimate of drug-likeness (QED) is 0.102. The van der Waals surface area contributed by atoms with Crippen molar-refractivity contribution in [3.05, 3.63) is 155 Å². The van der Waals surface area contributed by atoms with E-state index in [9.17, 15) is 20.4 Å². The number of phenols is 4. The van der Waals surface area contributed by atoms with Gasteiger partial charge in [-0.3, -0.25) is 20.0 Å². The van der Waals surface area contributed by atoms with Crippen LogP contribution in [-0.2, 0) is 5.41 Å². The molecule has 3 aliphatic rings. The van der Waals surface area contributed by atoms with Crippen molar-refractivity contribution in [2.45, 2.75) is 94.8 Å². The SMILES string of the molecule is CC1(C)c2cccc(-c3ccc(O)c(C=N[C@@H]4CCCC[C@H]4N=Cc4ccccc4O)c3)c2Oc2c(-c3ccc(O)c(C=N[C@@H]4CCCC[C@H]4N=Cc4ccccc4O)c3)cccc21. The molecule has 1 heterocycles.